The molecule has 0 aliphatic heterocycles. The number of rotatable bonds is 4. The van der Waals surface area contributed by atoms with Crippen molar-refractivity contribution >= 4 is 23.5 Å². The number of aromatic nitrogens is 3. The zero-order chi connectivity index (χ0) is 15.6. The maximum Gasteiger partial charge on any atom is 0.328 e. The van der Waals surface area contributed by atoms with Gasteiger partial charge in [-0.1, -0.05) is 11.6 Å². The largest absolute Gasteiger partial charge is 0.424 e. The summed E-state index contributed by atoms with van der Waals surface area (Å²) < 4.78 is 5.69. The van der Waals surface area contributed by atoms with Crippen LogP contribution in [0.25, 0.3) is 0 Å². The van der Waals surface area contributed by atoms with Crippen LogP contribution in [0.1, 0.15) is 11.1 Å². The molecule has 1 aromatic heterocycles. The number of hydrazine groups is 1. The van der Waals surface area contributed by atoms with Gasteiger partial charge in [0.25, 0.3) is 0 Å². The van der Waals surface area contributed by atoms with Gasteiger partial charge < -0.3 is 9.64 Å². The summed E-state index contributed by atoms with van der Waals surface area (Å²) in [6, 6.07) is 3.80. The molecule has 7 nitrogen and oxygen atoms in total. The standard InChI is InChI=1S/C13H17ClN6O/c1-7-5-9(6-8(2)10(7)14)21-13-17-11(19-15)16-12(18-13)20(3)4/h5-6H,15H2,1-4H3,(H,16,17,18,19). The first kappa shape index (κ1) is 15.3. The maximum absolute atomic E-state index is 6.14. The summed E-state index contributed by atoms with van der Waals surface area (Å²) in [4.78, 5) is 14.1. The number of halogens is 1. The number of hydrogen-bond donors (Lipinski definition) is 2. The van der Waals surface area contributed by atoms with E-state index in [1.165, 1.54) is 0 Å². The van der Waals surface area contributed by atoms with Crippen molar-refractivity contribution in [1.82, 2.24) is 15.0 Å². The normalized spacial score (nSPS) is 10.4. The first-order valence-electron chi connectivity index (χ1n) is 6.25. The number of nitrogens with zero attached hydrogens (tertiary/aromatic N) is 4. The van der Waals surface area contributed by atoms with Crippen LogP contribution in [0.3, 0.4) is 0 Å². The molecule has 8 heteroatoms. The van der Waals surface area contributed by atoms with Gasteiger partial charge in [-0.05, 0) is 37.1 Å². The average Bonchev–Trinajstić information content (AvgIpc) is 2.44. The highest BCUT2D eigenvalue weighted by Crippen LogP contribution is 2.28. The summed E-state index contributed by atoms with van der Waals surface area (Å²) in [6.45, 7) is 3.82. The number of ether oxygens (including phenoxy) is 1. The molecule has 0 fully saturated rings. The van der Waals surface area contributed by atoms with Gasteiger partial charge in [0.05, 0.1) is 0 Å². The molecule has 0 saturated heterocycles. The monoisotopic (exact) mass is 308 g/mol. The number of nitrogens with one attached hydrogen (secondary N) is 1. The molecule has 21 heavy (non-hydrogen) atoms. The Kier molecular flexibility index (Phi) is 4.44. The minimum absolute atomic E-state index is 0.155. The number of hydrogen-bond acceptors (Lipinski definition) is 7. The van der Waals surface area contributed by atoms with Gasteiger partial charge in [-0.25, -0.2) is 5.84 Å². The van der Waals surface area contributed by atoms with Gasteiger partial charge in [-0.2, -0.15) is 15.0 Å². The molecule has 112 valence electrons. The third-order valence-electron chi connectivity index (χ3n) is 2.75. The van der Waals surface area contributed by atoms with Crippen LogP contribution < -0.4 is 20.9 Å². The van der Waals surface area contributed by atoms with Crippen LogP contribution in [0.15, 0.2) is 12.1 Å². The molecular weight excluding hydrogens is 292 g/mol. The first-order valence-corrected chi connectivity index (χ1v) is 6.63. The van der Waals surface area contributed by atoms with E-state index in [0.29, 0.717) is 11.7 Å². The highest BCUT2D eigenvalue weighted by Gasteiger charge is 2.11. The van der Waals surface area contributed by atoms with E-state index in [0.717, 1.165) is 16.1 Å². The Bertz CT molecular complexity index is 638. The highest BCUT2D eigenvalue weighted by molar-refractivity contribution is 6.32. The molecule has 0 saturated carbocycles. The van der Waals surface area contributed by atoms with Crippen LogP contribution in [0.5, 0.6) is 11.8 Å². The highest BCUT2D eigenvalue weighted by atomic mass is 35.5. The molecule has 1 heterocycles. The van der Waals surface area contributed by atoms with Crippen LogP contribution in [-0.4, -0.2) is 29.0 Å². The lowest BCUT2D eigenvalue weighted by Gasteiger charge is -2.13. The number of anilines is 2. The van der Waals surface area contributed by atoms with Gasteiger partial charge in [-0.3, -0.25) is 5.43 Å². The molecule has 0 amide bonds. The van der Waals surface area contributed by atoms with E-state index in [-0.39, 0.29) is 12.0 Å². The average molecular weight is 309 g/mol. The van der Waals surface area contributed by atoms with Gasteiger partial charge >= 0.3 is 6.01 Å². The zero-order valence-corrected chi connectivity index (χ0v) is 13.1. The lowest BCUT2D eigenvalue weighted by Crippen LogP contribution is -2.17. The minimum Gasteiger partial charge on any atom is -0.424 e. The molecule has 0 aliphatic carbocycles. The fraction of sp³-hybridized carbons (Fsp3) is 0.308. The van der Waals surface area contributed by atoms with Crippen molar-refractivity contribution in [2.75, 3.05) is 24.4 Å². The number of nitrogens with two attached hydrogens (primary N) is 1. The van der Waals surface area contributed by atoms with Gasteiger partial charge in [0.1, 0.15) is 5.75 Å². The number of benzene rings is 1. The minimum atomic E-state index is 0.155. The maximum atomic E-state index is 6.14. The van der Waals surface area contributed by atoms with Crippen molar-refractivity contribution in [2.24, 2.45) is 5.84 Å². The Morgan fingerprint density at radius 3 is 2.29 bits per heavy atom. The first-order chi connectivity index (χ1) is 9.90. The molecule has 0 spiro atoms. The molecule has 0 radical (unpaired) electrons. The topological polar surface area (TPSA) is 89.2 Å². The van der Waals surface area contributed by atoms with Crippen LogP contribution >= 0.6 is 11.6 Å². The van der Waals surface area contributed by atoms with Crippen LogP contribution in [0.2, 0.25) is 5.02 Å². The van der Waals surface area contributed by atoms with E-state index in [2.05, 4.69) is 20.4 Å². The van der Waals surface area contributed by atoms with E-state index >= 15 is 0 Å². The Balaban J connectivity index is 2.37. The zero-order valence-electron chi connectivity index (χ0n) is 12.3. The van der Waals surface area contributed by atoms with E-state index in [9.17, 15) is 0 Å². The summed E-state index contributed by atoms with van der Waals surface area (Å²) >= 11 is 6.14. The molecule has 0 aliphatic rings. The fourth-order valence-electron chi connectivity index (χ4n) is 1.73. The van der Waals surface area contributed by atoms with Crippen molar-refractivity contribution in [3.63, 3.8) is 0 Å². The van der Waals surface area contributed by atoms with Crippen molar-refractivity contribution in [3.8, 4) is 11.8 Å². The van der Waals surface area contributed by atoms with Crippen molar-refractivity contribution in [3.05, 3.63) is 28.3 Å². The Labute approximate surface area is 128 Å². The van der Waals surface area contributed by atoms with Gasteiger partial charge in [0.2, 0.25) is 11.9 Å². The smallest absolute Gasteiger partial charge is 0.328 e. The molecular formula is C13H17ClN6O. The lowest BCUT2D eigenvalue weighted by atomic mass is 10.1. The molecule has 0 bridgehead atoms. The Morgan fingerprint density at radius 1 is 1.14 bits per heavy atom. The Morgan fingerprint density at radius 2 is 1.76 bits per heavy atom. The molecule has 1 aromatic carbocycles. The fourth-order valence-corrected chi connectivity index (χ4v) is 1.84. The quantitative estimate of drug-likeness (QED) is 0.661. The molecule has 0 atom stereocenters. The van der Waals surface area contributed by atoms with Crippen molar-refractivity contribution in [1.29, 1.82) is 0 Å². The van der Waals surface area contributed by atoms with E-state index in [1.807, 2.05) is 40.1 Å². The van der Waals surface area contributed by atoms with Gasteiger partial charge in [0, 0.05) is 19.1 Å². The van der Waals surface area contributed by atoms with Crippen molar-refractivity contribution in [2.45, 2.75) is 13.8 Å². The molecule has 3 N–H and O–H groups in total. The second-order valence-electron chi connectivity index (χ2n) is 4.75. The van der Waals surface area contributed by atoms with Crippen LogP contribution in [0, 0.1) is 13.8 Å². The summed E-state index contributed by atoms with van der Waals surface area (Å²) in [7, 11) is 3.63. The predicted octanol–water partition coefficient (Wildman–Crippen LogP) is 2.29. The summed E-state index contributed by atoms with van der Waals surface area (Å²) in [6.07, 6.45) is 0. The van der Waals surface area contributed by atoms with E-state index < -0.39 is 0 Å². The van der Waals surface area contributed by atoms with Gasteiger partial charge in [-0.15, -0.1) is 0 Å². The van der Waals surface area contributed by atoms with Crippen LogP contribution in [-0.2, 0) is 0 Å². The SMILES string of the molecule is Cc1cc(Oc2nc(NN)nc(N(C)C)n2)cc(C)c1Cl. The van der Waals surface area contributed by atoms with E-state index in [1.54, 1.807) is 4.90 Å². The van der Waals surface area contributed by atoms with Crippen LogP contribution in [0.4, 0.5) is 11.9 Å². The number of nitrogen functional groups attached to an aromatic ring is 1. The third-order valence-corrected chi connectivity index (χ3v) is 3.35. The number of aryl methyl sites for hydroxylation is 2. The van der Waals surface area contributed by atoms with Crippen molar-refractivity contribution < 1.29 is 4.74 Å². The lowest BCUT2D eigenvalue weighted by molar-refractivity contribution is 0.440. The predicted molar refractivity (Wildman–Crippen MR) is 83.0 cm³/mol. The second-order valence-corrected chi connectivity index (χ2v) is 5.13. The molecule has 0 unspecified atom stereocenters. The summed E-state index contributed by atoms with van der Waals surface area (Å²) in [5, 5.41) is 0.719. The Hall–Kier alpha value is -2.12. The van der Waals surface area contributed by atoms with E-state index in [4.69, 9.17) is 22.2 Å². The van der Waals surface area contributed by atoms with Gasteiger partial charge in [0.15, 0.2) is 0 Å². The summed E-state index contributed by atoms with van der Waals surface area (Å²) in [5.41, 5.74) is 4.23. The third kappa shape index (κ3) is 3.50. The summed E-state index contributed by atoms with van der Waals surface area (Å²) in [5.74, 6) is 6.63. The molecule has 2 aromatic rings. The second kappa shape index (κ2) is 6.11. The molecule has 2 rings (SSSR count).